The molecule has 0 fully saturated rings. The first-order valence-corrected chi connectivity index (χ1v) is 18.1. The smallest absolute Gasteiger partial charge is 0.189 e. The van der Waals surface area contributed by atoms with Crippen molar-refractivity contribution in [3.8, 4) is 11.5 Å². The largest absolute Gasteiger partial charge is 0.467 e. The van der Waals surface area contributed by atoms with Crippen molar-refractivity contribution in [2.75, 3.05) is 13.6 Å². The first-order valence-electron chi connectivity index (χ1n) is 15.4. The van der Waals surface area contributed by atoms with Crippen LogP contribution in [0.25, 0.3) is 0 Å². The molecule has 2 aliphatic heterocycles. The van der Waals surface area contributed by atoms with Gasteiger partial charge in [-0.1, -0.05) is 146 Å². The van der Waals surface area contributed by atoms with Crippen molar-refractivity contribution in [1.82, 2.24) is 0 Å². The third-order valence-electron chi connectivity index (χ3n) is 8.39. The summed E-state index contributed by atoms with van der Waals surface area (Å²) in [5.41, 5.74) is 2.09. The van der Waals surface area contributed by atoms with Crippen LogP contribution in [-0.2, 0) is 9.47 Å². The van der Waals surface area contributed by atoms with E-state index in [1.165, 1.54) is 31.8 Å². The number of rotatable bonds is 7. The van der Waals surface area contributed by atoms with E-state index in [2.05, 4.69) is 158 Å². The molecule has 0 aliphatic carbocycles. The third kappa shape index (κ3) is 5.53. The summed E-state index contributed by atoms with van der Waals surface area (Å²) in [6.07, 6.45) is -0.797. The van der Waals surface area contributed by atoms with Crippen molar-refractivity contribution in [2.24, 2.45) is 0 Å². The van der Waals surface area contributed by atoms with Gasteiger partial charge >= 0.3 is 0 Å². The van der Waals surface area contributed by atoms with Crippen LogP contribution in [0.4, 0.5) is 0 Å². The van der Waals surface area contributed by atoms with Gasteiger partial charge < -0.3 is 18.9 Å². The summed E-state index contributed by atoms with van der Waals surface area (Å²) in [7, 11) is -1.82. The van der Waals surface area contributed by atoms with Crippen molar-refractivity contribution >= 4 is 47.7 Å². The average molecular weight is 639 g/mol. The Hall–Kier alpha value is -4.30. The monoisotopic (exact) mass is 638 g/mol. The van der Waals surface area contributed by atoms with Crippen LogP contribution in [0.2, 0.25) is 0 Å². The van der Waals surface area contributed by atoms with Crippen molar-refractivity contribution in [2.45, 2.75) is 12.2 Å². The van der Waals surface area contributed by atoms with E-state index in [9.17, 15) is 0 Å². The molecule has 46 heavy (non-hydrogen) atoms. The highest BCUT2D eigenvalue weighted by atomic mass is 31.1. The van der Waals surface area contributed by atoms with E-state index in [0.717, 1.165) is 22.6 Å². The van der Waals surface area contributed by atoms with Gasteiger partial charge in [-0.2, -0.15) is 0 Å². The lowest BCUT2D eigenvalue weighted by Crippen LogP contribution is -2.36. The topological polar surface area (TPSA) is 36.9 Å². The number of hydrogen-bond donors (Lipinski definition) is 0. The average Bonchev–Trinajstić information content (AvgIpc) is 3.13. The Morgan fingerprint density at radius 1 is 0.370 bits per heavy atom. The molecule has 8 rings (SSSR count). The van der Waals surface area contributed by atoms with Crippen molar-refractivity contribution in [3.05, 3.63) is 169 Å². The molecule has 2 heterocycles. The third-order valence-corrected chi connectivity index (χ3v) is 13.4. The van der Waals surface area contributed by atoms with Gasteiger partial charge in [0.25, 0.3) is 0 Å². The van der Waals surface area contributed by atoms with E-state index in [4.69, 9.17) is 18.9 Å². The Morgan fingerprint density at radius 2 is 0.696 bits per heavy atom. The molecule has 0 radical (unpaired) electrons. The zero-order valence-electron chi connectivity index (χ0n) is 25.1. The van der Waals surface area contributed by atoms with Gasteiger partial charge in [0.05, 0.1) is 0 Å². The molecule has 0 bridgehead atoms. The lowest BCUT2D eigenvalue weighted by Gasteiger charge is -2.39. The van der Waals surface area contributed by atoms with Gasteiger partial charge in [-0.15, -0.1) is 0 Å². The van der Waals surface area contributed by atoms with E-state index in [0.29, 0.717) is 0 Å². The van der Waals surface area contributed by atoms with Crippen LogP contribution in [0.1, 0.15) is 23.3 Å². The molecular formula is C40H32O4P2. The van der Waals surface area contributed by atoms with Gasteiger partial charge in [0.1, 0.15) is 23.7 Å². The summed E-state index contributed by atoms with van der Waals surface area (Å²) in [5.74, 6) is 1.69. The van der Waals surface area contributed by atoms with E-state index in [1.807, 2.05) is 0 Å². The minimum atomic E-state index is -0.911. The number of benzene rings is 6. The van der Waals surface area contributed by atoms with Crippen LogP contribution in [-0.4, -0.2) is 13.6 Å². The van der Waals surface area contributed by atoms with Crippen LogP contribution < -0.4 is 41.3 Å². The zero-order valence-corrected chi connectivity index (χ0v) is 26.9. The predicted molar refractivity (Wildman–Crippen MR) is 189 cm³/mol. The fourth-order valence-electron chi connectivity index (χ4n) is 6.43. The summed E-state index contributed by atoms with van der Waals surface area (Å²) in [6, 6.07) is 55.8. The molecule has 0 saturated heterocycles. The van der Waals surface area contributed by atoms with Gasteiger partial charge in [0.15, 0.2) is 13.6 Å². The lowest BCUT2D eigenvalue weighted by atomic mass is 9.95. The number of ether oxygens (including phenoxy) is 4. The minimum Gasteiger partial charge on any atom is -0.467 e. The molecule has 6 aromatic rings. The molecule has 2 aliphatic rings. The molecule has 0 spiro atoms. The van der Waals surface area contributed by atoms with Crippen LogP contribution in [0.3, 0.4) is 0 Å². The van der Waals surface area contributed by atoms with E-state index >= 15 is 0 Å². The van der Waals surface area contributed by atoms with Crippen LogP contribution >= 0.6 is 15.8 Å². The number of hydrogen-bond acceptors (Lipinski definition) is 4. The summed E-state index contributed by atoms with van der Waals surface area (Å²) in [6.45, 7) is 0.306. The van der Waals surface area contributed by atoms with Crippen LogP contribution in [0.15, 0.2) is 158 Å². The van der Waals surface area contributed by atoms with Gasteiger partial charge in [-0.3, -0.25) is 0 Å². The molecule has 0 N–H and O–H groups in total. The molecule has 4 nitrogen and oxygen atoms in total. The predicted octanol–water partition coefficient (Wildman–Crippen LogP) is 6.72. The molecule has 226 valence electrons. The quantitative estimate of drug-likeness (QED) is 0.182. The highest BCUT2D eigenvalue weighted by Gasteiger charge is 2.41. The van der Waals surface area contributed by atoms with Crippen molar-refractivity contribution in [3.63, 3.8) is 0 Å². The minimum absolute atomic E-state index is 0.153. The maximum absolute atomic E-state index is 6.62. The maximum atomic E-state index is 6.62. The summed E-state index contributed by atoms with van der Waals surface area (Å²) < 4.78 is 25.7. The summed E-state index contributed by atoms with van der Waals surface area (Å²) >= 11 is 0. The highest BCUT2D eigenvalue weighted by molar-refractivity contribution is 7.80. The normalized spacial score (nSPS) is 17.1. The number of fused-ring (bicyclic) bond motifs is 2. The fourth-order valence-corrected chi connectivity index (χ4v) is 11.4. The Morgan fingerprint density at radius 3 is 1.02 bits per heavy atom. The van der Waals surface area contributed by atoms with Crippen molar-refractivity contribution in [1.29, 1.82) is 0 Å². The summed E-state index contributed by atoms with van der Waals surface area (Å²) in [5, 5.41) is 7.49. The second-order valence-electron chi connectivity index (χ2n) is 11.1. The first kappa shape index (κ1) is 29.1. The SMILES string of the molecule is c1ccc(P(c2ccccc2)c2cccc3c2C(C2OCOc4cccc(P(c5ccccc5)c5ccccc5)c42)OCO3)cc1. The van der Waals surface area contributed by atoms with Gasteiger partial charge in [0.2, 0.25) is 0 Å². The molecule has 2 atom stereocenters. The van der Waals surface area contributed by atoms with Gasteiger partial charge in [-0.05, 0) is 59.8 Å². The van der Waals surface area contributed by atoms with Gasteiger partial charge in [-0.25, -0.2) is 0 Å². The van der Waals surface area contributed by atoms with Crippen LogP contribution in [0.5, 0.6) is 11.5 Å². The zero-order chi connectivity index (χ0) is 30.7. The second-order valence-corrected chi connectivity index (χ2v) is 15.5. The van der Waals surface area contributed by atoms with Crippen molar-refractivity contribution < 1.29 is 18.9 Å². The molecule has 2 unspecified atom stereocenters. The highest BCUT2D eigenvalue weighted by Crippen LogP contribution is 2.50. The Labute approximate surface area is 272 Å². The Bertz CT molecular complexity index is 1700. The van der Waals surface area contributed by atoms with Gasteiger partial charge in [0, 0.05) is 11.1 Å². The molecule has 6 heteroatoms. The first-order chi connectivity index (χ1) is 22.9. The molecule has 0 aromatic heterocycles. The second kappa shape index (κ2) is 13.2. The Balaban J connectivity index is 1.31. The molecule has 6 aromatic carbocycles. The Kier molecular flexibility index (Phi) is 8.36. The molecule has 0 saturated carbocycles. The van der Waals surface area contributed by atoms with Crippen LogP contribution in [0, 0.1) is 0 Å². The standard InChI is InChI=1S/C40H32O4P2/c1-5-15-29(16-6-1)45(30-17-7-2-8-18-30)35-25-13-23-33-37(35)39(43-27-41-33)40-38-34(42-28-44-40)24-14-26-36(38)46(31-19-9-3-10-20-31)32-21-11-4-12-22-32/h1-26,39-40H,27-28H2. The van der Waals surface area contributed by atoms with E-state index in [1.54, 1.807) is 0 Å². The van der Waals surface area contributed by atoms with E-state index in [-0.39, 0.29) is 13.6 Å². The summed E-state index contributed by atoms with van der Waals surface area (Å²) in [4.78, 5) is 0. The van der Waals surface area contributed by atoms with E-state index < -0.39 is 28.1 Å². The maximum Gasteiger partial charge on any atom is 0.189 e. The molecular weight excluding hydrogens is 606 g/mol. The molecule has 0 amide bonds. The lowest BCUT2D eigenvalue weighted by molar-refractivity contribution is -0.160. The fraction of sp³-hybridized carbons (Fsp3) is 0.100.